The lowest BCUT2D eigenvalue weighted by atomic mass is 10.1. The Morgan fingerprint density at radius 1 is 1.15 bits per heavy atom. The van der Waals surface area contributed by atoms with Crippen molar-refractivity contribution in [2.75, 3.05) is 23.8 Å². The molecule has 1 aromatic heterocycles. The molecule has 2 aromatic rings. The van der Waals surface area contributed by atoms with Crippen LogP contribution in [-0.2, 0) is 6.54 Å². The minimum absolute atomic E-state index is 0.695. The van der Waals surface area contributed by atoms with Crippen LogP contribution in [0.4, 0.5) is 11.8 Å². The quantitative estimate of drug-likeness (QED) is 0.875. The van der Waals surface area contributed by atoms with Gasteiger partial charge in [-0.05, 0) is 25.0 Å². The first-order valence-corrected chi connectivity index (χ1v) is 7.02. The Labute approximate surface area is 120 Å². The number of nitrogens with one attached hydrogen (secondary N) is 1. The van der Waals surface area contributed by atoms with Crippen LogP contribution < -0.4 is 10.2 Å². The van der Waals surface area contributed by atoms with Crippen LogP contribution in [0.5, 0.6) is 0 Å². The molecule has 2 rings (SSSR count). The Morgan fingerprint density at radius 3 is 2.60 bits per heavy atom. The van der Waals surface area contributed by atoms with E-state index >= 15 is 0 Å². The van der Waals surface area contributed by atoms with Gasteiger partial charge in [0.1, 0.15) is 5.82 Å². The second-order valence-electron chi connectivity index (χ2n) is 5.01. The number of benzene rings is 1. The van der Waals surface area contributed by atoms with Gasteiger partial charge in [0, 0.05) is 26.3 Å². The lowest BCUT2D eigenvalue weighted by Gasteiger charge is -2.18. The van der Waals surface area contributed by atoms with Gasteiger partial charge in [0.2, 0.25) is 5.95 Å². The lowest BCUT2D eigenvalue weighted by molar-refractivity contribution is 0.884. The van der Waals surface area contributed by atoms with E-state index in [1.807, 2.05) is 13.1 Å². The molecule has 0 unspecified atom stereocenters. The number of aryl methyl sites for hydroxylation is 1. The molecule has 0 atom stereocenters. The molecule has 0 saturated carbocycles. The van der Waals surface area contributed by atoms with Gasteiger partial charge in [-0.1, -0.05) is 36.8 Å². The molecule has 4 nitrogen and oxygen atoms in total. The van der Waals surface area contributed by atoms with E-state index in [0.29, 0.717) is 5.95 Å². The van der Waals surface area contributed by atoms with Crippen molar-refractivity contribution in [1.82, 2.24) is 9.97 Å². The number of anilines is 2. The molecule has 0 fully saturated rings. The van der Waals surface area contributed by atoms with Crippen LogP contribution in [-0.4, -0.2) is 23.6 Å². The molecule has 0 bridgehead atoms. The number of hydrogen-bond acceptors (Lipinski definition) is 4. The second kappa shape index (κ2) is 6.89. The van der Waals surface area contributed by atoms with Crippen LogP contribution in [0.25, 0.3) is 0 Å². The molecule has 1 heterocycles. The molecule has 0 aliphatic rings. The van der Waals surface area contributed by atoms with E-state index in [1.54, 1.807) is 6.20 Å². The molecule has 0 spiro atoms. The molecule has 0 radical (unpaired) electrons. The van der Waals surface area contributed by atoms with Gasteiger partial charge < -0.3 is 10.2 Å². The van der Waals surface area contributed by atoms with Gasteiger partial charge in [-0.3, -0.25) is 0 Å². The smallest absolute Gasteiger partial charge is 0.224 e. The summed E-state index contributed by atoms with van der Waals surface area (Å²) < 4.78 is 0. The summed E-state index contributed by atoms with van der Waals surface area (Å²) in [6.07, 6.45) is 2.86. The standard InChI is InChI=1S/C16H22N4/c1-4-10-17-16-18-11-9-15(19-16)20(3)12-14-7-5-13(2)6-8-14/h5-9,11H,4,10,12H2,1-3H3,(H,17,18,19). The fraction of sp³-hybridized carbons (Fsp3) is 0.375. The summed E-state index contributed by atoms with van der Waals surface area (Å²) in [5.41, 5.74) is 2.56. The molecule has 106 valence electrons. The Hall–Kier alpha value is -2.10. The van der Waals surface area contributed by atoms with E-state index in [9.17, 15) is 0 Å². The topological polar surface area (TPSA) is 41.1 Å². The van der Waals surface area contributed by atoms with Gasteiger partial charge in [0.05, 0.1) is 0 Å². The van der Waals surface area contributed by atoms with E-state index in [-0.39, 0.29) is 0 Å². The first-order valence-electron chi connectivity index (χ1n) is 7.02. The van der Waals surface area contributed by atoms with Gasteiger partial charge in [-0.2, -0.15) is 4.98 Å². The predicted octanol–water partition coefficient (Wildman–Crippen LogP) is 3.24. The normalized spacial score (nSPS) is 10.3. The number of aromatic nitrogens is 2. The van der Waals surface area contributed by atoms with Crippen molar-refractivity contribution < 1.29 is 0 Å². The van der Waals surface area contributed by atoms with E-state index in [4.69, 9.17) is 0 Å². The van der Waals surface area contributed by atoms with E-state index in [2.05, 4.69) is 58.3 Å². The zero-order valence-corrected chi connectivity index (χ0v) is 12.4. The van der Waals surface area contributed by atoms with Gasteiger partial charge in [-0.25, -0.2) is 4.98 Å². The predicted molar refractivity (Wildman–Crippen MR) is 84.1 cm³/mol. The SMILES string of the molecule is CCCNc1nccc(N(C)Cc2ccc(C)cc2)n1. The highest BCUT2D eigenvalue weighted by Gasteiger charge is 2.05. The van der Waals surface area contributed by atoms with Crippen LogP contribution in [0.1, 0.15) is 24.5 Å². The summed E-state index contributed by atoms with van der Waals surface area (Å²) in [6, 6.07) is 10.5. The molecule has 0 amide bonds. The maximum Gasteiger partial charge on any atom is 0.224 e. The first-order chi connectivity index (χ1) is 9.69. The van der Waals surface area contributed by atoms with E-state index < -0.39 is 0 Å². The Morgan fingerprint density at radius 2 is 1.90 bits per heavy atom. The van der Waals surface area contributed by atoms with Crippen LogP contribution in [0.2, 0.25) is 0 Å². The summed E-state index contributed by atoms with van der Waals surface area (Å²) in [5.74, 6) is 1.62. The number of nitrogens with zero attached hydrogens (tertiary/aromatic N) is 3. The molecular weight excluding hydrogens is 248 g/mol. The van der Waals surface area contributed by atoms with Crippen molar-refractivity contribution in [2.45, 2.75) is 26.8 Å². The largest absolute Gasteiger partial charge is 0.355 e. The molecule has 0 saturated heterocycles. The van der Waals surface area contributed by atoms with Gasteiger partial charge in [0.25, 0.3) is 0 Å². The summed E-state index contributed by atoms with van der Waals surface area (Å²) in [6.45, 7) is 5.96. The third kappa shape index (κ3) is 3.95. The highest BCUT2D eigenvalue weighted by atomic mass is 15.2. The highest BCUT2D eigenvalue weighted by molar-refractivity contribution is 5.42. The van der Waals surface area contributed by atoms with Crippen LogP contribution in [0.15, 0.2) is 36.5 Å². The molecule has 0 aliphatic heterocycles. The minimum atomic E-state index is 0.695. The Kier molecular flexibility index (Phi) is 4.93. The Bertz CT molecular complexity index is 536. The van der Waals surface area contributed by atoms with Crippen molar-refractivity contribution in [3.63, 3.8) is 0 Å². The van der Waals surface area contributed by atoms with Crippen LogP contribution in [0, 0.1) is 6.92 Å². The maximum atomic E-state index is 4.53. The van der Waals surface area contributed by atoms with Crippen LogP contribution in [0.3, 0.4) is 0 Å². The average molecular weight is 270 g/mol. The zero-order valence-electron chi connectivity index (χ0n) is 12.4. The monoisotopic (exact) mass is 270 g/mol. The first kappa shape index (κ1) is 14.3. The number of hydrogen-bond donors (Lipinski definition) is 1. The van der Waals surface area contributed by atoms with Crippen molar-refractivity contribution in [3.05, 3.63) is 47.7 Å². The van der Waals surface area contributed by atoms with Crippen molar-refractivity contribution in [1.29, 1.82) is 0 Å². The highest BCUT2D eigenvalue weighted by Crippen LogP contribution is 2.14. The van der Waals surface area contributed by atoms with Crippen LogP contribution >= 0.6 is 0 Å². The molecular formula is C16H22N4. The summed E-state index contributed by atoms with van der Waals surface area (Å²) in [7, 11) is 2.05. The molecule has 20 heavy (non-hydrogen) atoms. The average Bonchev–Trinajstić information content (AvgIpc) is 2.48. The Balaban J connectivity index is 2.04. The summed E-state index contributed by atoms with van der Waals surface area (Å²) >= 11 is 0. The molecule has 1 N–H and O–H groups in total. The second-order valence-corrected chi connectivity index (χ2v) is 5.01. The fourth-order valence-corrected chi connectivity index (χ4v) is 1.93. The van der Waals surface area contributed by atoms with E-state index in [0.717, 1.165) is 25.3 Å². The van der Waals surface area contributed by atoms with Crippen molar-refractivity contribution in [3.8, 4) is 0 Å². The lowest BCUT2D eigenvalue weighted by Crippen LogP contribution is -2.18. The third-order valence-electron chi connectivity index (χ3n) is 3.11. The van der Waals surface area contributed by atoms with Crippen molar-refractivity contribution >= 4 is 11.8 Å². The summed E-state index contributed by atoms with van der Waals surface area (Å²) in [4.78, 5) is 10.9. The molecule has 0 aliphatic carbocycles. The third-order valence-corrected chi connectivity index (χ3v) is 3.11. The molecule has 1 aromatic carbocycles. The minimum Gasteiger partial charge on any atom is -0.355 e. The summed E-state index contributed by atoms with van der Waals surface area (Å²) in [5, 5.41) is 3.21. The molecule has 4 heteroatoms. The van der Waals surface area contributed by atoms with Gasteiger partial charge in [-0.15, -0.1) is 0 Å². The maximum absolute atomic E-state index is 4.53. The zero-order chi connectivity index (χ0) is 14.4. The van der Waals surface area contributed by atoms with Gasteiger partial charge >= 0.3 is 0 Å². The fourth-order valence-electron chi connectivity index (χ4n) is 1.93. The van der Waals surface area contributed by atoms with Gasteiger partial charge in [0.15, 0.2) is 0 Å². The van der Waals surface area contributed by atoms with E-state index in [1.165, 1.54) is 11.1 Å². The number of rotatable bonds is 6. The van der Waals surface area contributed by atoms with Crippen molar-refractivity contribution in [2.24, 2.45) is 0 Å².